The SMILES string of the molecule is CC12CCC(OCC34CCC(C)(CC3)C(F)(F)C4F)(CC1)CC2. The van der Waals surface area contributed by atoms with E-state index < -0.39 is 22.9 Å². The molecule has 0 heterocycles. The van der Waals surface area contributed by atoms with E-state index >= 15 is 0 Å². The predicted octanol–water partition coefficient (Wildman–Crippen LogP) is 5.67. The molecule has 4 bridgehead atoms. The molecule has 4 heteroatoms. The number of alkyl halides is 3. The van der Waals surface area contributed by atoms with Gasteiger partial charge in [0.2, 0.25) is 0 Å². The highest BCUT2D eigenvalue weighted by Gasteiger charge is 2.70. The maximum Gasteiger partial charge on any atom is 0.284 e. The Balaban J connectivity index is 1.49. The summed E-state index contributed by atoms with van der Waals surface area (Å²) < 4.78 is 50.1. The highest BCUT2D eigenvalue weighted by molar-refractivity contribution is 5.13. The minimum absolute atomic E-state index is 0.153. The molecule has 0 N–H and O–H groups in total. The van der Waals surface area contributed by atoms with Crippen LogP contribution in [0.2, 0.25) is 0 Å². The van der Waals surface area contributed by atoms with E-state index in [1.807, 2.05) is 0 Å². The molecule has 1 nitrogen and oxygen atoms in total. The summed E-state index contributed by atoms with van der Waals surface area (Å²) in [7, 11) is 0. The van der Waals surface area contributed by atoms with Crippen molar-refractivity contribution in [1.29, 1.82) is 0 Å². The van der Waals surface area contributed by atoms with Crippen LogP contribution >= 0.6 is 0 Å². The summed E-state index contributed by atoms with van der Waals surface area (Å²) in [5.74, 6) is -3.21. The summed E-state index contributed by atoms with van der Waals surface area (Å²) in [4.78, 5) is 0. The monoisotopic (exact) mass is 330 g/mol. The second kappa shape index (κ2) is 4.68. The molecule has 1 unspecified atom stereocenters. The van der Waals surface area contributed by atoms with E-state index in [1.54, 1.807) is 6.92 Å². The Labute approximate surface area is 137 Å². The van der Waals surface area contributed by atoms with Crippen LogP contribution in [-0.4, -0.2) is 24.3 Å². The Morgan fingerprint density at radius 1 is 0.826 bits per heavy atom. The first-order valence-corrected chi connectivity index (χ1v) is 9.31. The summed E-state index contributed by atoms with van der Waals surface area (Å²) in [6, 6.07) is 0. The van der Waals surface area contributed by atoms with Crippen LogP contribution < -0.4 is 0 Å². The minimum Gasteiger partial charge on any atom is -0.374 e. The van der Waals surface area contributed by atoms with Crippen molar-refractivity contribution in [3.8, 4) is 0 Å². The molecule has 6 saturated carbocycles. The molecule has 6 aliphatic carbocycles. The Morgan fingerprint density at radius 2 is 1.35 bits per heavy atom. The highest BCUT2D eigenvalue weighted by Crippen LogP contribution is 2.65. The number of fused-ring (bicyclic) bond motifs is 6. The molecule has 0 aromatic carbocycles. The Kier molecular flexibility index (Phi) is 3.30. The van der Waals surface area contributed by atoms with Gasteiger partial charge in [-0.25, -0.2) is 13.2 Å². The van der Waals surface area contributed by atoms with Crippen LogP contribution in [0, 0.1) is 16.2 Å². The fourth-order valence-corrected chi connectivity index (χ4v) is 5.65. The zero-order valence-electron chi connectivity index (χ0n) is 14.4. The lowest BCUT2D eigenvalue weighted by atomic mass is 9.51. The average Bonchev–Trinajstić information content (AvgIpc) is 2.54. The summed E-state index contributed by atoms with van der Waals surface area (Å²) in [5.41, 5.74) is -1.80. The third-order valence-corrected chi connectivity index (χ3v) is 8.23. The molecule has 0 radical (unpaired) electrons. The van der Waals surface area contributed by atoms with Gasteiger partial charge >= 0.3 is 0 Å². The number of ether oxygens (including phenoxy) is 1. The fourth-order valence-electron chi connectivity index (χ4n) is 5.65. The van der Waals surface area contributed by atoms with E-state index in [0.29, 0.717) is 31.1 Å². The molecule has 0 spiro atoms. The molecule has 0 amide bonds. The van der Waals surface area contributed by atoms with Gasteiger partial charge in [0, 0.05) is 10.8 Å². The maximum atomic E-state index is 14.8. The molecule has 0 aromatic rings. The van der Waals surface area contributed by atoms with Gasteiger partial charge in [-0.2, -0.15) is 0 Å². The second-order valence-corrected chi connectivity index (χ2v) is 9.69. The summed E-state index contributed by atoms with van der Waals surface area (Å²) in [6.07, 6.45) is 6.44. The smallest absolute Gasteiger partial charge is 0.284 e. The van der Waals surface area contributed by atoms with Crippen LogP contribution in [0.25, 0.3) is 0 Å². The van der Waals surface area contributed by atoms with Crippen molar-refractivity contribution < 1.29 is 17.9 Å². The molecule has 0 aromatic heterocycles. The summed E-state index contributed by atoms with van der Waals surface area (Å²) >= 11 is 0. The Hall–Kier alpha value is -0.250. The zero-order valence-corrected chi connectivity index (χ0v) is 14.4. The van der Waals surface area contributed by atoms with Crippen LogP contribution in [0.1, 0.15) is 78.1 Å². The largest absolute Gasteiger partial charge is 0.374 e. The van der Waals surface area contributed by atoms with Crippen molar-refractivity contribution in [2.75, 3.05) is 6.61 Å². The number of hydrogen-bond donors (Lipinski definition) is 0. The van der Waals surface area contributed by atoms with E-state index in [4.69, 9.17) is 4.74 Å². The zero-order chi connectivity index (χ0) is 16.6. The molecule has 132 valence electrons. The molecule has 6 rings (SSSR count). The highest BCUT2D eigenvalue weighted by atomic mass is 19.3. The number of hydrogen-bond acceptors (Lipinski definition) is 1. The first kappa shape index (κ1) is 16.2. The van der Waals surface area contributed by atoms with E-state index in [2.05, 4.69) is 6.92 Å². The molecule has 0 saturated heterocycles. The van der Waals surface area contributed by atoms with Crippen LogP contribution in [0.15, 0.2) is 0 Å². The molecule has 6 fully saturated rings. The van der Waals surface area contributed by atoms with Gasteiger partial charge in [-0.3, -0.25) is 0 Å². The topological polar surface area (TPSA) is 9.23 Å². The number of halogens is 3. The van der Waals surface area contributed by atoms with Crippen molar-refractivity contribution in [2.45, 2.75) is 95.8 Å². The van der Waals surface area contributed by atoms with Crippen LogP contribution in [0.3, 0.4) is 0 Å². The molecule has 1 atom stereocenters. The van der Waals surface area contributed by atoms with Crippen molar-refractivity contribution in [1.82, 2.24) is 0 Å². The van der Waals surface area contributed by atoms with Gasteiger partial charge in [-0.1, -0.05) is 13.8 Å². The van der Waals surface area contributed by atoms with Crippen molar-refractivity contribution in [3.63, 3.8) is 0 Å². The number of rotatable bonds is 3. The van der Waals surface area contributed by atoms with E-state index in [0.717, 1.165) is 38.5 Å². The Bertz CT molecular complexity index is 468. The lowest BCUT2D eigenvalue weighted by Gasteiger charge is -2.59. The van der Waals surface area contributed by atoms with E-state index in [-0.39, 0.29) is 12.2 Å². The third kappa shape index (κ3) is 2.15. The Morgan fingerprint density at radius 3 is 1.87 bits per heavy atom. The summed E-state index contributed by atoms with van der Waals surface area (Å²) in [6.45, 7) is 4.10. The lowest BCUT2D eigenvalue weighted by Crippen LogP contribution is -2.64. The molecule has 6 aliphatic rings. The van der Waals surface area contributed by atoms with Gasteiger partial charge in [0.05, 0.1) is 12.2 Å². The van der Waals surface area contributed by atoms with Gasteiger partial charge in [0.15, 0.2) is 6.17 Å². The van der Waals surface area contributed by atoms with Crippen LogP contribution in [-0.2, 0) is 4.74 Å². The van der Waals surface area contributed by atoms with Crippen molar-refractivity contribution in [3.05, 3.63) is 0 Å². The average molecular weight is 330 g/mol. The van der Waals surface area contributed by atoms with Gasteiger partial charge < -0.3 is 4.74 Å². The second-order valence-electron chi connectivity index (χ2n) is 9.69. The predicted molar refractivity (Wildman–Crippen MR) is 83.3 cm³/mol. The third-order valence-electron chi connectivity index (χ3n) is 8.23. The normalized spacial score (nSPS) is 54.4. The van der Waals surface area contributed by atoms with Gasteiger partial charge in [-0.15, -0.1) is 0 Å². The van der Waals surface area contributed by atoms with Crippen molar-refractivity contribution >= 4 is 0 Å². The molecule has 0 aliphatic heterocycles. The lowest BCUT2D eigenvalue weighted by molar-refractivity contribution is -0.282. The van der Waals surface area contributed by atoms with Crippen LogP contribution in [0.4, 0.5) is 13.2 Å². The standard InChI is InChI=1S/C19H29F3O/c1-15-3-10-18(11-4-15,12-5-15)23-13-17-8-6-16(2,7-9-17)19(21,22)14(17)20/h14H,3-13H2,1-2H3. The van der Waals surface area contributed by atoms with E-state index in [1.165, 1.54) is 0 Å². The quantitative estimate of drug-likeness (QED) is 0.648. The first-order chi connectivity index (χ1) is 10.6. The summed E-state index contributed by atoms with van der Waals surface area (Å²) in [5, 5.41) is 0. The van der Waals surface area contributed by atoms with E-state index in [9.17, 15) is 13.2 Å². The first-order valence-electron chi connectivity index (χ1n) is 9.31. The molecular weight excluding hydrogens is 301 g/mol. The maximum absolute atomic E-state index is 14.8. The molecular formula is C19H29F3O. The van der Waals surface area contributed by atoms with Crippen molar-refractivity contribution in [2.24, 2.45) is 16.2 Å². The fraction of sp³-hybridized carbons (Fsp3) is 1.00. The molecule has 23 heavy (non-hydrogen) atoms. The van der Waals surface area contributed by atoms with Crippen LogP contribution in [0.5, 0.6) is 0 Å². The minimum atomic E-state index is -3.21. The van der Waals surface area contributed by atoms with Gasteiger partial charge in [0.25, 0.3) is 5.92 Å². The van der Waals surface area contributed by atoms with Gasteiger partial charge in [0.1, 0.15) is 0 Å². The van der Waals surface area contributed by atoms with Gasteiger partial charge in [-0.05, 0) is 69.6 Å².